The van der Waals surface area contributed by atoms with Crippen molar-refractivity contribution in [3.05, 3.63) is 11.6 Å². The summed E-state index contributed by atoms with van der Waals surface area (Å²) in [5.74, 6) is -0.0969. The van der Waals surface area contributed by atoms with Gasteiger partial charge in [-0.1, -0.05) is 6.08 Å². The second-order valence-electron chi connectivity index (χ2n) is 5.55. The molecule has 0 radical (unpaired) electrons. The number of hydrogen-bond acceptors (Lipinski definition) is 4. The SMILES string of the molecule is COC(=O)C1=CC[C@H]2C[C@H]3OC(C)(C)O[C@H]3[C@@H]12. The van der Waals surface area contributed by atoms with Gasteiger partial charge in [-0.2, -0.15) is 0 Å². The van der Waals surface area contributed by atoms with Crippen molar-refractivity contribution in [2.75, 3.05) is 7.11 Å². The first-order chi connectivity index (χ1) is 8.02. The van der Waals surface area contributed by atoms with Crippen molar-refractivity contribution in [2.24, 2.45) is 11.8 Å². The first kappa shape index (κ1) is 11.2. The van der Waals surface area contributed by atoms with Gasteiger partial charge < -0.3 is 14.2 Å². The van der Waals surface area contributed by atoms with E-state index in [0.29, 0.717) is 5.92 Å². The summed E-state index contributed by atoms with van der Waals surface area (Å²) in [6, 6.07) is 0. The quantitative estimate of drug-likeness (QED) is 0.651. The van der Waals surface area contributed by atoms with Crippen molar-refractivity contribution in [1.29, 1.82) is 0 Å². The van der Waals surface area contributed by atoms with E-state index in [2.05, 4.69) is 0 Å². The first-order valence-electron chi connectivity index (χ1n) is 6.16. The summed E-state index contributed by atoms with van der Waals surface area (Å²) in [6.45, 7) is 3.85. The summed E-state index contributed by atoms with van der Waals surface area (Å²) in [4.78, 5) is 11.7. The van der Waals surface area contributed by atoms with Crippen LogP contribution in [0.3, 0.4) is 0 Å². The van der Waals surface area contributed by atoms with E-state index in [9.17, 15) is 4.79 Å². The molecule has 94 valence electrons. The minimum Gasteiger partial charge on any atom is -0.466 e. The molecule has 1 saturated heterocycles. The van der Waals surface area contributed by atoms with Crippen LogP contribution in [0.4, 0.5) is 0 Å². The van der Waals surface area contributed by atoms with Gasteiger partial charge in [0, 0.05) is 11.5 Å². The molecule has 1 saturated carbocycles. The van der Waals surface area contributed by atoms with Crippen LogP contribution in [0.2, 0.25) is 0 Å². The number of allylic oxidation sites excluding steroid dienone is 1. The van der Waals surface area contributed by atoms with Gasteiger partial charge in [0.1, 0.15) is 0 Å². The second kappa shape index (κ2) is 3.56. The van der Waals surface area contributed by atoms with Crippen molar-refractivity contribution in [1.82, 2.24) is 0 Å². The number of esters is 1. The topological polar surface area (TPSA) is 44.8 Å². The summed E-state index contributed by atoms with van der Waals surface area (Å²) < 4.78 is 16.6. The molecule has 17 heavy (non-hydrogen) atoms. The van der Waals surface area contributed by atoms with Crippen molar-refractivity contribution in [3.8, 4) is 0 Å². The van der Waals surface area contributed by atoms with Gasteiger partial charge in [0.05, 0.1) is 19.3 Å². The summed E-state index contributed by atoms with van der Waals surface area (Å²) in [5.41, 5.74) is 0.784. The van der Waals surface area contributed by atoms with Crippen LogP contribution in [0.25, 0.3) is 0 Å². The zero-order valence-corrected chi connectivity index (χ0v) is 10.4. The number of hydrogen-bond donors (Lipinski definition) is 0. The minimum absolute atomic E-state index is 0.0165. The van der Waals surface area contributed by atoms with Gasteiger partial charge in [-0.25, -0.2) is 4.79 Å². The average Bonchev–Trinajstić information content (AvgIpc) is 2.85. The lowest BCUT2D eigenvalue weighted by molar-refractivity contribution is -0.159. The molecular weight excluding hydrogens is 220 g/mol. The predicted octanol–water partition coefficient (Wildman–Crippen LogP) is 1.65. The molecular formula is C13H18O4. The Morgan fingerprint density at radius 2 is 2.24 bits per heavy atom. The average molecular weight is 238 g/mol. The van der Waals surface area contributed by atoms with Crippen LogP contribution in [0.5, 0.6) is 0 Å². The lowest BCUT2D eigenvalue weighted by Crippen LogP contribution is -2.29. The molecule has 3 rings (SSSR count). The van der Waals surface area contributed by atoms with E-state index in [4.69, 9.17) is 14.2 Å². The van der Waals surface area contributed by atoms with Gasteiger partial charge in [0.2, 0.25) is 0 Å². The lowest BCUT2D eigenvalue weighted by atomic mass is 9.93. The molecule has 1 heterocycles. The molecule has 2 aliphatic carbocycles. The predicted molar refractivity (Wildman–Crippen MR) is 60.1 cm³/mol. The van der Waals surface area contributed by atoms with E-state index in [1.807, 2.05) is 19.9 Å². The number of ether oxygens (including phenoxy) is 3. The highest BCUT2D eigenvalue weighted by Crippen LogP contribution is 2.51. The van der Waals surface area contributed by atoms with E-state index in [1.54, 1.807) is 0 Å². The van der Waals surface area contributed by atoms with E-state index in [1.165, 1.54) is 7.11 Å². The van der Waals surface area contributed by atoms with Crippen LogP contribution in [0.15, 0.2) is 11.6 Å². The molecule has 0 aromatic rings. The van der Waals surface area contributed by atoms with Gasteiger partial charge >= 0.3 is 5.97 Å². The standard InChI is InChI=1S/C13H18O4/c1-13(2)16-9-6-7-4-5-8(12(14)15-3)10(7)11(9)17-13/h5,7,9-11H,4,6H2,1-3H3/t7-,9+,10+,11+/m0/s1. The molecule has 4 atom stereocenters. The Labute approximate surface area is 101 Å². The van der Waals surface area contributed by atoms with Crippen molar-refractivity contribution < 1.29 is 19.0 Å². The summed E-state index contributed by atoms with van der Waals surface area (Å²) in [7, 11) is 1.43. The third kappa shape index (κ3) is 1.62. The lowest BCUT2D eigenvalue weighted by Gasteiger charge is -2.23. The Balaban J connectivity index is 1.84. The molecule has 3 aliphatic rings. The Kier molecular flexibility index (Phi) is 2.35. The van der Waals surface area contributed by atoms with Gasteiger partial charge in [-0.15, -0.1) is 0 Å². The fourth-order valence-electron chi connectivity index (χ4n) is 3.49. The Morgan fingerprint density at radius 3 is 2.94 bits per heavy atom. The molecule has 0 aromatic carbocycles. The molecule has 4 heteroatoms. The van der Waals surface area contributed by atoms with E-state index in [0.717, 1.165) is 18.4 Å². The largest absolute Gasteiger partial charge is 0.466 e. The number of carbonyl (C=O) groups excluding carboxylic acids is 1. The maximum Gasteiger partial charge on any atom is 0.333 e. The maximum absolute atomic E-state index is 11.7. The third-order valence-electron chi connectivity index (χ3n) is 4.04. The Bertz CT molecular complexity index is 385. The van der Waals surface area contributed by atoms with Crippen LogP contribution in [0.1, 0.15) is 26.7 Å². The van der Waals surface area contributed by atoms with E-state index < -0.39 is 5.79 Å². The second-order valence-corrected chi connectivity index (χ2v) is 5.55. The van der Waals surface area contributed by atoms with Crippen LogP contribution < -0.4 is 0 Å². The number of carbonyl (C=O) groups is 1. The van der Waals surface area contributed by atoms with Crippen molar-refractivity contribution >= 4 is 5.97 Å². The first-order valence-corrected chi connectivity index (χ1v) is 6.16. The van der Waals surface area contributed by atoms with Crippen molar-refractivity contribution in [2.45, 2.75) is 44.7 Å². The van der Waals surface area contributed by atoms with Crippen molar-refractivity contribution in [3.63, 3.8) is 0 Å². The molecule has 1 aliphatic heterocycles. The van der Waals surface area contributed by atoms with Gasteiger partial charge in [0.25, 0.3) is 0 Å². The van der Waals surface area contributed by atoms with Crippen LogP contribution in [0, 0.1) is 11.8 Å². The summed E-state index contributed by atoms with van der Waals surface area (Å²) in [5, 5.41) is 0. The molecule has 0 bridgehead atoms. The smallest absolute Gasteiger partial charge is 0.333 e. The molecule has 0 spiro atoms. The molecule has 0 aromatic heterocycles. The maximum atomic E-state index is 11.7. The van der Waals surface area contributed by atoms with E-state index in [-0.39, 0.29) is 24.1 Å². The van der Waals surface area contributed by atoms with Gasteiger partial charge in [-0.3, -0.25) is 0 Å². The molecule has 0 N–H and O–H groups in total. The minimum atomic E-state index is -0.524. The highest BCUT2D eigenvalue weighted by atomic mass is 16.8. The van der Waals surface area contributed by atoms with Crippen LogP contribution in [-0.2, 0) is 19.0 Å². The fourth-order valence-corrected chi connectivity index (χ4v) is 3.49. The Morgan fingerprint density at radius 1 is 1.47 bits per heavy atom. The monoisotopic (exact) mass is 238 g/mol. The normalized spacial score (nSPS) is 41.9. The highest BCUT2D eigenvalue weighted by molar-refractivity contribution is 5.89. The van der Waals surface area contributed by atoms with Gasteiger partial charge in [0.15, 0.2) is 5.79 Å². The number of fused-ring (bicyclic) bond motifs is 3. The molecule has 0 amide bonds. The zero-order chi connectivity index (χ0) is 12.2. The summed E-state index contributed by atoms with van der Waals surface area (Å²) in [6.07, 6.45) is 4.08. The Hall–Kier alpha value is -0.870. The highest BCUT2D eigenvalue weighted by Gasteiger charge is 2.56. The molecule has 2 fully saturated rings. The fraction of sp³-hybridized carbons (Fsp3) is 0.769. The number of methoxy groups -OCH3 is 1. The third-order valence-corrected chi connectivity index (χ3v) is 4.04. The van der Waals surface area contributed by atoms with Crippen LogP contribution in [-0.4, -0.2) is 31.1 Å². The van der Waals surface area contributed by atoms with Crippen LogP contribution >= 0.6 is 0 Å². The van der Waals surface area contributed by atoms with Gasteiger partial charge in [-0.05, 0) is 32.6 Å². The van der Waals surface area contributed by atoms with E-state index >= 15 is 0 Å². The number of rotatable bonds is 1. The molecule has 0 unspecified atom stereocenters. The molecule has 4 nitrogen and oxygen atoms in total. The zero-order valence-electron chi connectivity index (χ0n) is 10.4. The summed E-state index contributed by atoms with van der Waals surface area (Å²) >= 11 is 0.